The fraction of sp³-hybridized carbons (Fsp3) is 0.913. The van der Waals surface area contributed by atoms with Gasteiger partial charge in [-0.1, -0.05) is 44.9 Å². The van der Waals surface area contributed by atoms with Crippen molar-refractivity contribution in [1.82, 2.24) is 4.90 Å². The number of carboxylic acid groups (broad SMARTS) is 1. The summed E-state index contributed by atoms with van der Waals surface area (Å²) in [6.07, 6.45) is 14.8. The molecule has 2 N–H and O–H groups in total. The molecule has 0 amide bonds. The zero-order valence-corrected chi connectivity index (χ0v) is 18.9. The van der Waals surface area contributed by atoms with Crippen LogP contribution < -0.4 is 0 Å². The summed E-state index contributed by atoms with van der Waals surface area (Å²) in [6, 6.07) is 0. The topological polar surface area (TPSA) is 87.1 Å². The van der Waals surface area contributed by atoms with Crippen molar-refractivity contribution in [2.24, 2.45) is 0 Å². The normalized spacial score (nSPS) is 12.3. The van der Waals surface area contributed by atoms with Crippen LogP contribution in [0.1, 0.15) is 103 Å². The van der Waals surface area contributed by atoms with E-state index in [4.69, 9.17) is 14.9 Å². The van der Waals surface area contributed by atoms with E-state index in [9.17, 15) is 9.59 Å². The number of carboxylic acids is 1. The van der Waals surface area contributed by atoms with E-state index in [1.165, 1.54) is 6.42 Å². The standard InChI is InChI=1S/C23H45NO5/c1-24(2)19-14-18-23(28)29-21(15-10-6-3-4-9-13-20-25)16-11-7-5-8-12-17-22(26)27/h21,25H,3-20H2,1-2H3,(H,26,27). The van der Waals surface area contributed by atoms with E-state index < -0.39 is 5.97 Å². The monoisotopic (exact) mass is 415 g/mol. The van der Waals surface area contributed by atoms with Crippen LogP contribution in [0.2, 0.25) is 0 Å². The number of carbonyl (C=O) groups excluding carboxylic acids is 1. The zero-order chi connectivity index (χ0) is 21.7. The average Bonchev–Trinajstić information content (AvgIpc) is 2.65. The highest BCUT2D eigenvalue weighted by Gasteiger charge is 2.14. The molecule has 0 aliphatic rings. The molecule has 1 atom stereocenters. The second kappa shape index (κ2) is 20.1. The molecular weight excluding hydrogens is 370 g/mol. The highest BCUT2D eigenvalue weighted by Crippen LogP contribution is 2.17. The predicted molar refractivity (Wildman–Crippen MR) is 117 cm³/mol. The molecular formula is C23H45NO5. The number of aliphatic hydroxyl groups is 1. The molecule has 0 bridgehead atoms. The number of nitrogens with zero attached hydrogens (tertiary/aromatic N) is 1. The average molecular weight is 416 g/mol. The molecule has 0 heterocycles. The lowest BCUT2D eigenvalue weighted by molar-refractivity contribution is -0.150. The van der Waals surface area contributed by atoms with Crippen molar-refractivity contribution in [2.75, 3.05) is 27.2 Å². The van der Waals surface area contributed by atoms with Gasteiger partial charge < -0.3 is 19.8 Å². The van der Waals surface area contributed by atoms with Gasteiger partial charge in [0, 0.05) is 19.4 Å². The maximum Gasteiger partial charge on any atom is 0.306 e. The number of carbonyl (C=O) groups is 2. The molecule has 0 rings (SSSR count). The number of aliphatic carboxylic acids is 1. The van der Waals surface area contributed by atoms with Crippen LogP contribution in [0.15, 0.2) is 0 Å². The number of aliphatic hydroxyl groups excluding tert-OH is 1. The number of hydrogen-bond donors (Lipinski definition) is 2. The Labute approximate surface area is 178 Å². The Morgan fingerprint density at radius 3 is 1.79 bits per heavy atom. The number of unbranched alkanes of at least 4 members (excludes halogenated alkanes) is 9. The predicted octanol–water partition coefficient (Wildman–Crippen LogP) is 4.78. The second-order valence-corrected chi connectivity index (χ2v) is 8.35. The van der Waals surface area contributed by atoms with Crippen LogP contribution >= 0.6 is 0 Å². The zero-order valence-electron chi connectivity index (χ0n) is 18.9. The summed E-state index contributed by atoms with van der Waals surface area (Å²) in [6.45, 7) is 1.17. The molecule has 6 nitrogen and oxygen atoms in total. The lowest BCUT2D eigenvalue weighted by Crippen LogP contribution is -2.20. The summed E-state index contributed by atoms with van der Waals surface area (Å²) >= 11 is 0. The minimum absolute atomic E-state index is 0.0123. The summed E-state index contributed by atoms with van der Waals surface area (Å²) in [5.41, 5.74) is 0. The van der Waals surface area contributed by atoms with Gasteiger partial charge in [-0.2, -0.15) is 0 Å². The Balaban J connectivity index is 4.06. The van der Waals surface area contributed by atoms with Gasteiger partial charge in [0.05, 0.1) is 0 Å². The lowest BCUT2D eigenvalue weighted by atomic mass is 10.0. The first-order chi connectivity index (χ1) is 14.0. The number of esters is 1. The third-order valence-electron chi connectivity index (χ3n) is 5.14. The van der Waals surface area contributed by atoms with Gasteiger partial charge in [0.25, 0.3) is 0 Å². The van der Waals surface area contributed by atoms with Crippen LogP contribution in [-0.4, -0.2) is 60.4 Å². The number of rotatable bonds is 21. The summed E-state index contributed by atoms with van der Waals surface area (Å²) in [7, 11) is 4.01. The van der Waals surface area contributed by atoms with Crippen molar-refractivity contribution in [3.63, 3.8) is 0 Å². The summed E-state index contributed by atoms with van der Waals surface area (Å²) in [4.78, 5) is 24.8. The molecule has 6 heteroatoms. The van der Waals surface area contributed by atoms with Crippen LogP contribution in [-0.2, 0) is 14.3 Å². The maximum atomic E-state index is 12.2. The van der Waals surface area contributed by atoms with Gasteiger partial charge in [0.15, 0.2) is 0 Å². The summed E-state index contributed by atoms with van der Waals surface area (Å²) in [5.74, 6) is -0.802. The van der Waals surface area contributed by atoms with Crippen molar-refractivity contribution in [1.29, 1.82) is 0 Å². The fourth-order valence-electron chi connectivity index (χ4n) is 3.42. The maximum absolute atomic E-state index is 12.2. The molecule has 0 spiro atoms. The lowest BCUT2D eigenvalue weighted by Gasteiger charge is -2.18. The van der Waals surface area contributed by atoms with Gasteiger partial charge >= 0.3 is 11.9 Å². The molecule has 0 saturated carbocycles. The van der Waals surface area contributed by atoms with Crippen LogP contribution in [0, 0.1) is 0 Å². The molecule has 0 aromatic carbocycles. The number of hydrogen-bond acceptors (Lipinski definition) is 5. The highest BCUT2D eigenvalue weighted by molar-refractivity contribution is 5.69. The first-order valence-corrected chi connectivity index (χ1v) is 11.6. The summed E-state index contributed by atoms with van der Waals surface area (Å²) in [5, 5.41) is 17.5. The van der Waals surface area contributed by atoms with Crippen molar-refractivity contribution in [2.45, 2.75) is 109 Å². The highest BCUT2D eigenvalue weighted by atomic mass is 16.5. The van der Waals surface area contributed by atoms with E-state index >= 15 is 0 Å². The van der Waals surface area contributed by atoms with E-state index in [1.54, 1.807) is 0 Å². The molecule has 0 aliphatic carbocycles. The van der Waals surface area contributed by atoms with Gasteiger partial charge in [-0.05, 0) is 65.6 Å². The van der Waals surface area contributed by atoms with Crippen LogP contribution in [0.4, 0.5) is 0 Å². The molecule has 0 aromatic rings. The molecule has 0 radical (unpaired) electrons. The van der Waals surface area contributed by atoms with Crippen LogP contribution in [0.3, 0.4) is 0 Å². The van der Waals surface area contributed by atoms with E-state index in [2.05, 4.69) is 4.90 Å². The van der Waals surface area contributed by atoms with Crippen LogP contribution in [0.25, 0.3) is 0 Å². The minimum Gasteiger partial charge on any atom is -0.481 e. The van der Waals surface area contributed by atoms with Crippen LogP contribution in [0.5, 0.6) is 0 Å². The van der Waals surface area contributed by atoms with Gasteiger partial charge in [0.2, 0.25) is 0 Å². The van der Waals surface area contributed by atoms with Crippen molar-refractivity contribution in [3.05, 3.63) is 0 Å². The second-order valence-electron chi connectivity index (χ2n) is 8.35. The van der Waals surface area contributed by atoms with Gasteiger partial charge in [0.1, 0.15) is 6.10 Å². The minimum atomic E-state index is -0.720. The van der Waals surface area contributed by atoms with E-state index in [-0.39, 0.29) is 25.1 Å². The molecule has 0 fully saturated rings. The summed E-state index contributed by atoms with van der Waals surface area (Å²) < 4.78 is 5.77. The van der Waals surface area contributed by atoms with E-state index in [0.29, 0.717) is 6.42 Å². The molecule has 1 unspecified atom stereocenters. The Hall–Kier alpha value is -1.14. The fourth-order valence-corrected chi connectivity index (χ4v) is 3.42. The van der Waals surface area contributed by atoms with Crippen molar-refractivity contribution < 1.29 is 24.5 Å². The quantitative estimate of drug-likeness (QED) is 0.207. The first-order valence-electron chi connectivity index (χ1n) is 11.6. The number of ether oxygens (including phenoxy) is 1. The van der Waals surface area contributed by atoms with Crippen molar-refractivity contribution >= 4 is 11.9 Å². The van der Waals surface area contributed by atoms with Gasteiger partial charge in [-0.25, -0.2) is 0 Å². The third kappa shape index (κ3) is 21.4. The Kier molecular flexibility index (Phi) is 19.4. The largest absolute Gasteiger partial charge is 0.481 e. The van der Waals surface area contributed by atoms with E-state index in [0.717, 1.165) is 90.0 Å². The first kappa shape index (κ1) is 27.9. The van der Waals surface area contributed by atoms with Gasteiger partial charge in [-0.15, -0.1) is 0 Å². The Morgan fingerprint density at radius 1 is 0.759 bits per heavy atom. The molecule has 0 aromatic heterocycles. The SMILES string of the molecule is CN(C)CCCC(=O)OC(CCCCCCCCO)CCCCCCCC(=O)O. The molecule has 29 heavy (non-hydrogen) atoms. The Bertz CT molecular complexity index is 401. The smallest absolute Gasteiger partial charge is 0.306 e. The molecule has 0 aliphatic heterocycles. The van der Waals surface area contributed by atoms with E-state index in [1.807, 2.05) is 14.1 Å². The van der Waals surface area contributed by atoms with Crippen molar-refractivity contribution in [3.8, 4) is 0 Å². The molecule has 0 saturated heterocycles. The Morgan fingerprint density at radius 2 is 1.28 bits per heavy atom. The third-order valence-corrected chi connectivity index (χ3v) is 5.14. The molecule has 172 valence electrons. The van der Waals surface area contributed by atoms with Gasteiger partial charge in [-0.3, -0.25) is 9.59 Å².